The minimum Gasteiger partial charge on any atom is -0.382 e. The Morgan fingerprint density at radius 2 is 2.18 bits per heavy atom. The number of para-hydroxylation sites is 1. The fraction of sp³-hybridized carbons (Fsp3) is 0.455. The van der Waals surface area contributed by atoms with Gasteiger partial charge in [0.05, 0.1) is 22.1 Å². The Kier molecular flexibility index (Phi) is 4.31. The van der Waals surface area contributed by atoms with Crippen molar-refractivity contribution in [1.29, 1.82) is 0 Å². The molecule has 0 aromatic heterocycles. The molecule has 0 atom stereocenters. The van der Waals surface area contributed by atoms with Gasteiger partial charge in [0, 0.05) is 13.2 Å². The number of nitro groups is 1. The first kappa shape index (κ1) is 13.7. The van der Waals surface area contributed by atoms with Crippen LogP contribution in [0.15, 0.2) is 18.2 Å². The summed E-state index contributed by atoms with van der Waals surface area (Å²) >= 11 is 5.97. The molecule has 0 unspecified atom stereocenters. The smallest absolute Gasteiger partial charge is 0.293 e. The lowest BCUT2D eigenvalue weighted by atomic mass is 10.1. The molecule has 0 spiro atoms. The first-order valence-electron chi connectivity index (χ1n) is 5.07. The van der Waals surface area contributed by atoms with Gasteiger partial charge in [0.2, 0.25) is 0 Å². The first-order chi connectivity index (χ1) is 7.87. The van der Waals surface area contributed by atoms with Gasteiger partial charge < -0.3 is 10.1 Å². The number of ether oxygens (including phenoxy) is 1. The minimum atomic E-state index is -0.461. The molecule has 0 bridgehead atoms. The standard InChI is InChI=1S/C11H15ClN2O3/c1-11(2,7-17-3)13-10-8(12)5-4-6-9(10)14(15)16/h4-6,13H,7H2,1-3H3. The average molecular weight is 259 g/mol. The second kappa shape index (κ2) is 5.33. The lowest BCUT2D eigenvalue weighted by molar-refractivity contribution is -0.384. The van der Waals surface area contributed by atoms with Crippen LogP contribution in [-0.2, 0) is 4.74 Å². The fourth-order valence-corrected chi connectivity index (χ4v) is 1.74. The number of hydrogen-bond acceptors (Lipinski definition) is 4. The zero-order valence-electron chi connectivity index (χ0n) is 9.99. The zero-order valence-corrected chi connectivity index (χ0v) is 10.7. The van der Waals surface area contributed by atoms with Crippen molar-refractivity contribution < 1.29 is 9.66 Å². The second-order valence-corrected chi connectivity index (χ2v) is 4.74. The molecular weight excluding hydrogens is 244 g/mol. The van der Waals surface area contributed by atoms with E-state index in [1.54, 1.807) is 19.2 Å². The third kappa shape index (κ3) is 3.57. The number of hydrogen-bond donors (Lipinski definition) is 1. The van der Waals surface area contributed by atoms with Crippen LogP contribution >= 0.6 is 11.6 Å². The maximum Gasteiger partial charge on any atom is 0.293 e. The first-order valence-corrected chi connectivity index (χ1v) is 5.45. The molecular formula is C11H15ClN2O3. The Bertz CT molecular complexity index is 421. The summed E-state index contributed by atoms with van der Waals surface area (Å²) in [6.07, 6.45) is 0. The highest BCUT2D eigenvalue weighted by Gasteiger charge is 2.24. The quantitative estimate of drug-likeness (QED) is 0.651. The van der Waals surface area contributed by atoms with Crippen molar-refractivity contribution >= 4 is 23.0 Å². The minimum absolute atomic E-state index is 0.0401. The summed E-state index contributed by atoms with van der Waals surface area (Å²) in [5.41, 5.74) is -0.160. The van der Waals surface area contributed by atoms with E-state index in [9.17, 15) is 10.1 Å². The van der Waals surface area contributed by atoms with Gasteiger partial charge in [-0.15, -0.1) is 0 Å². The number of benzene rings is 1. The van der Waals surface area contributed by atoms with Gasteiger partial charge in [0.25, 0.3) is 5.69 Å². The predicted molar refractivity (Wildman–Crippen MR) is 67.7 cm³/mol. The monoisotopic (exact) mass is 258 g/mol. The number of halogens is 1. The van der Waals surface area contributed by atoms with Crippen molar-refractivity contribution in [3.8, 4) is 0 Å². The molecule has 17 heavy (non-hydrogen) atoms. The van der Waals surface area contributed by atoms with E-state index < -0.39 is 10.5 Å². The number of rotatable bonds is 5. The van der Waals surface area contributed by atoms with Crippen LogP contribution in [-0.4, -0.2) is 24.2 Å². The van der Waals surface area contributed by atoms with Gasteiger partial charge in [-0.1, -0.05) is 17.7 Å². The van der Waals surface area contributed by atoms with E-state index in [1.807, 2.05) is 13.8 Å². The third-order valence-corrected chi connectivity index (χ3v) is 2.47. The molecule has 1 rings (SSSR count). The number of anilines is 1. The molecule has 1 N–H and O–H groups in total. The zero-order chi connectivity index (χ0) is 13.1. The Labute approximate surface area is 105 Å². The van der Waals surface area contributed by atoms with Crippen LogP contribution in [0.3, 0.4) is 0 Å². The van der Waals surface area contributed by atoms with Crippen molar-refractivity contribution in [3.63, 3.8) is 0 Å². The number of nitrogens with zero attached hydrogens (tertiary/aromatic N) is 1. The molecule has 0 heterocycles. The summed E-state index contributed by atoms with van der Waals surface area (Å²) in [6.45, 7) is 4.17. The summed E-state index contributed by atoms with van der Waals surface area (Å²) in [5.74, 6) is 0. The maximum atomic E-state index is 10.9. The summed E-state index contributed by atoms with van der Waals surface area (Å²) < 4.78 is 5.04. The van der Waals surface area contributed by atoms with Gasteiger partial charge in [0.1, 0.15) is 5.69 Å². The van der Waals surface area contributed by atoms with E-state index in [0.717, 1.165) is 0 Å². The van der Waals surface area contributed by atoms with Gasteiger partial charge >= 0.3 is 0 Å². The Morgan fingerprint density at radius 3 is 2.71 bits per heavy atom. The molecule has 5 nitrogen and oxygen atoms in total. The van der Waals surface area contributed by atoms with Crippen molar-refractivity contribution in [3.05, 3.63) is 33.3 Å². The molecule has 0 aliphatic carbocycles. The molecule has 0 aliphatic rings. The van der Waals surface area contributed by atoms with Crippen LogP contribution < -0.4 is 5.32 Å². The van der Waals surface area contributed by atoms with E-state index in [-0.39, 0.29) is 5.69 Å². The van der Waals surface area contributed by atoms with Crippen molar-refractivity contribution in [2.24, 2.45) is 0 Å². The van der Waals surface area contributed by atoms with Gasteiger partial charge in [-0.2, -0.15) is 0 Å². The molecule has 0 amide bonds. The molecule has 0 saturated carbocycles. The number of methoxy groups -OCH3 is 1. The van der Waals surface area contributed by atoms with Crippen LogP contribution in [0.2, 0.25) is 5.02 Å². The molecule has 1 aromatic carbocycles. The summed E-state index contributed by atoms with van der Waals surface area (Å²) in [4.78, 5) is 10.4. The SMILES string of the molecule is COCC(C)(C)Nc1c(Cl)cccc1[N+](=O)[O-]. The van der Waals surface area contributed by atoms with Gasteiger partial charge in [-0.05, 0) is 19.9 Å². The lowest BCUT2D eigenvalue weighted by Gasteiger charge is -2.26. The fourth-order valence-electron chi connectivity index (χ4n) is 1.52. The highest BCUT2D eigenvalue weighted by atomic mass is 35.5. The van der Waals surface area contributed by atoms with E-state index in [0.29, 0.717) is 17.3 Å². The van der Waals surface area contributed by atoms with Crippen LogP contribution in [0.25, 0.3) is 0 Å². The summed E-state index contributed by atoms with van der Waals surface area (Å²) in [6, 6.07) is 4.58. The van der Waals surface area contributed by atoms with Crippen LogP contribution in [0.5, 0.6) is 0 Å². The summed E-state index contributed by atoms with van der Waals surface area (Å²) in [7, 11) is 1.57. The van der Waals surface area contributed by atoms with E-state index in [2.05, 4.69) is 5.32 Å². The largest absolute Gasteiger partial charge is 0.382 e. The highest BCUT2D eigenvalue weighted by molar-refractivity contribution is 6.33. The molecule has 1 aromatic rings. The molecule has 6 heteroatoms. The van der Waals surface area contributed by atoms with E-state index in [4.69, 9.17) is 16.3 Å². The molecule has 0 saturated heterocycles. The second-order valence-electron chi connectivity index (χ2n) is 4.33. The molecule has 0 fully saturated rings. The Hall–Kier alpha value is -1.33. The van der Waals surface area contributed by atoms with Crippen molar-refractivity contribution in [1.82, 2.24) is 0 Å². The van der Waals surface area contributed by atoms with E-state index in [1.165, 1.54) is 6.07 Å². The molecule has 0 radical (unpaired) electrons. The topological polar surface area (TPSA) is 64.4 Å². The Balaban J connectivity index is 3.08. The van der Waals surface area contributed by atoms with Crippen molar-refractivity contribution in [2.45, 2.75) is 19.4 Å². The van der Waals surface area contributed by atoms with E-state index >= 15 is 0 Å². The van der Waals surface area contributed by atoms with Gasteiger partial charge in [0.15, 0.2) is 0 Å². The number of nitrogens with one attached hydrogen (secondary N) is 1. The highest BCUT2D eigenvalue weighted by Crippen LogP contribution is 2.33. The predicted octanol–water partition coefficient (Wildman–Crippen LogP) is 3.09. The summed E-state index contributed by atoms with van der Waals surface area (Å²) in [5, 5.41) is 14.3. The van der Waals surface area contributed by atoms with Gasteiger partial charge in [-0.3, -0.25) is 10.1 Å². The van der Waals surface area contributed by atoms with Gasteiger partial charge in [-0.25, -0.2) is 0 Å². The lowest BCUT2D eigenvalue weighted by Crippen LogP contribution is -2.36. The van der Waals surface area contributed by atoms with Crippen LogP contribution in [0.4, 0.5) is 11.4 Å². The molecule has 0 aliphatic heterocycles. The van der Waals surface area contributed by atoms with Crippen molar-refractivity contribution in [2.75, 3.05) is 19.0 Å². The number of nitro benzene ring substituents is 1. The van der Waals surface area contributed by atoms with Crippen LogP contribution in [0, 0.1) is 10.1 Å². The maximum absolute atomic E-state index is 10.9. The average Bonchev–Trinajstić information content (AvgIpc) is 2.20. The van der Waals surface area contributed by atoms with Crippen LogP contribution in [0.1, 0.15) is 13.8 Å². The molecule has 94 valence electrons. The Morgan fingerprint density at radius 1 is 1.53 bits per heavy atom. The third-order valence-electron chi connectivity index (χ3n) is 2.16. The normalized spacial score (nSPS) is 11.3.